The normalized spacial score (nSPS) is 26.6. The lowest BCUT2D eigenvalue weighted by Crippen LogP contribution is -2.35. The van der Waals surface area contributed by atoms with E-state index < -0.39 is 0 Å². The second-order valence-corrected chi connectivity index (χ2v) is 7.66. The van der Waals surface area contributed by atoms with Crippen LogP contribution in [-0.4, -0.2) is 38.6 Å². The van der Waals surface area contributed by atoms with Crippen LogP contribution >= 0.6 is 0 Å². The lowest BCUT2D eigenvalue weighted by atomic mass is 9.86. The van der Waals surface area contributed by atoms with Crippen LogP contribution in [0.3, 0.4) is 0 Å². The summed E-state index contributed by atoms with van der Waals surface area (Å²) in [6.45, 7) is 0.618. The van der Waals surface area contributed by atoms with Gasteiger partial charge in [0.05, 0.1) is 13.2 Å². The molecule has 2 bridgehead atoms. The van der Waals surface area contributed by atoms with Gasteiger partial charge in [0.1, 0.15) is 5.75 Å². The first kappa shape index (κ1) is 17.3. The molecule has 1 amide bonds. The molecule has 4 heteroatoms. The third kappa shape index (κ3) is 3.75. The molecule has 2 aliphatic rings. The molecule has 4 atom stereocenters. The van der Waals surface area contributed by atoms with Crippen LogP contribution < -0.4 is 10.1 Å². The molecule has 0 aliphatic heterocycles. The van der Waals surface area contributed by atoms with Gasteiger partial charge in [-0.2, -0.15) is 0 Å². The van der Waals surface area contributed by atoms with Crippen molar-refractivity contribution < 1.29 is 9.53 Å². The predicted octanol–water partition coefficient (Wildman–Crippen LogP) is 3.24. The standard InChI is InChI=1S/C20H30N2O2/c1-22(2)18(17-6-4-5-7-19(17)24-3)13-21-20(23)12-16-11-14-8-9-15(16)10-14/h4-7,14-16,18H,8-13H2,1-3H3,(H,21,23). The lowest BCUT2D eigenvalue weighted by Gasteiger charge is -2.27. The van der Waals surface area contributed by atoms with E-state index in [4.69, 9.17) is 4.74 Å². The van der Waals surface area contributed by atoms with E-state index in [2.05, 4.69) is 16.3 Å². The zero-order chi connectivity index (χ0) is 17.1. The summed E-state index contributed by atoms with van der Waals surface area (Å²) in [5.74, 6) is 3.40. The van der Waals surface area contributed by atoms with Crippen molar-refractivity contribution in [2.75, 3.05) is 27.7 Å². The van der Waals surface area contributed by atoms with Crippen LogP contribution in [0.2, 0.25) is 0 Å². The van der Waals surface area contributed by atoms with Gasteiger partial charge in [-0.05, 0) is 57.2 Å². The van der Waals surface area contributed by atoms with E-state index in [0.29, 0.717) is 18.9 Å². The van der Waals surface area contributed by atoms with E-state index in [1.165, 1.54) is 25.7 Å². The Balaban J connectivity index is 1.57. The second kappa shape index (κ2) is 7.56. The molecule has 2 aliphatic carbocycles. The number of hydrogen-bond donors (Lipinski definition) is 1. The third-order valence-electron chi connectivity index (χ3n) is 5.95. The smallest absolute Gasteiger partial charge is 0.220 e. The number of ether oxygens (including phenoxy) is 1. The number of nitrogens with zero attached hydrogens (tertiary/aromatic N) is 1. The molecule has 0 radical (unpaired) electrons. The molecule has 0 saturated heterocycles. The number of fused-ring (bicyclic) bond motifs is 2. The summed E-state index contributed by atoms with van der Waals surface area (Å²) in [6.07, 6.45) is 6.05. The summed E-state index contributed by atoms with van der Waals surface area (Å²) in [7, 11) is 5.78. The first-order valence-corrected chi connectivity index (χ1v) is 9.14. The molecule has 3 rings (SSSR count). The monoisotopic (exact) mass is 330 g/mol. The van der Waals surface area contributed by atoms with E-state index in [1.54, 1.807) is 7.11 Å². The van der Waals surface area contributed by atoms with E-state index in [9.17, 15) is 4.79 Å². The lowest BCUT2D eigenvalue weighted by molar-refractivity contribution is -0.122. The summed E-state index contributed by atoms with van der Waals surface area (Å²) in [5, 5.41) is 3.16. The fraction of sp³-hybridized carbons (Fsp3) is 0.650. The molecule has 0 spiro atoms. The van der Waals surface area contributed by atoms with Crippen molar-refractivity contribution in [1.29, 1.82) is 0 Å². The average Bonchev–Trinajstić information content (AvgIpc) is 3.18. The Morgan fingerprint density at radius 2 is 2.08 bits per heavy atom. The summed E-state index contributed by atoms with van der Waals surface area (Å²) < 4.78 is 5.48. The van der Waals surface area contributed by atoms with Crippen molar-refractivity contribution in [3.05, 3.63) is 29.8 Å². The molecule has 0 aromatic heterocycles. The summed E-state index contributed by atoms with van der Waals surface area (Å²) in [6, 6.07) is 8.16. The SMILES string of the molecule is COc1ccccc1C(CNC(=O)CC1CC2CCC1C2)N(C)C. The van der Waals surface area contributed by atoms with Gasteiger partial charge in [-0.1, -0.05) is 24.6 Å². The first-order chi connectivity index (χ1) is 11.6. The maximum atomic E-state index is 12.4. The van der Waals surface area contributed by atoms with Crippen LogP contribution in [0.4, 0.5) is 0 Å². The summed E-state index contributed by atoms with van der Waals surface area (Å²) >= 11 is 0. The first-order valence-electron chi connectivity index (χ1n) is 9.14. The number of hydrogen-bond acceptors (Lipinski definition) is 3. The summed E-state index contributed by atoms with van der Waals surface area (Å²) in [5.41, 5.74) is 1.12. The highest BCUT2D eigenvalue weighted by molar-refractivity contribution is 5.76. The van der Waals surface area contributed by atoms with Gasteiger partial charge in [-0.15, -0.1) is 0 Å². The zero-order valence-corrected chi connectivity index (χ0v) is 15.1. The molecule has 4 nitrogen and oxygen atoms in total. The average molecular weight is 330 g/mol. The highest BCUT2D eigenvalue weighted by Crippen LogP contribution is 2.49. The minimum Gasteiger partial charge on any atom is -0.496 e. The molecule has 1 aromatic carbocycles. The number of likely N-dealkylation sites (N-methyl/N-ethyl adjacent to an activating group) is 1. The minimum atomic E-state index is 0.116. The topological polar surface area (TPSA) is 41.6 Å². The van der Waals surface area contributed by atoms with Gasteiger partial charge in [0.15, 0.2) is 0 Å². The third-order valence-corrected chi connectivity index (χ3v) is 5.95. The molecule has 2 fully saturated rings. The van der Waals surface area contributed by atoms with Crippen molar-refractivity contribution in [3.63, 3.8) is 0 Å². The molecule has 2 saturated carbocycles. The van der Waals surface area contributed by atoms with Crippen molar-refractivity contribution >= 4 is 5.91 Å². The second-order valence-electron chi connectivity index (χ2n) is 7.66. The number of methoxy groups -OCH3 is 1. The van der Waals surface area contributed by atoms with E-state index in [1.807, 2.05) is 32.3 Å². The van der Waals surface area contributed by atoms with Crippen LogP contribution in [0.5, 0.6) is 5.75 Å². The van der Waals surface area contributed by atoms with Crippen molar-refractivity contribution in [2.45, 2.75) is 38.1 Å². The highest BCUT2D eigenvalue weighted by atomic mass is 16.5. The molecule has 1 N–H and O–H groups in total. The molecule has 132 valence electrons. The van der Waals surface area contributed by atoms with Gasteiger partial charge in [-0.25, -0.2) is 0 Å². The molecular weight excluding hydrogens is 300 g/mol. The molecule has 1 aromatic rings. The Hall–Kier alpha value is -1.55. The number of nitrogens with one attached hydrogen (secondary N) is 1. The van der Waals surface area contributed by atoms with Crippen LogP contribution in [0.15, 0.2) is 24.3 Å². The predicted molar refractivity (Wildman–Crippen MR) is 96.0 cm³/mol. The molecule has 24 heavy (non-hydrogen) atoms. The van der Waals surface area contributed by atoms with Gasteiger partial charge in [0.25, 0.3) is 0 Å². The number of carbonyl (C=O) groups excluding carboxylic acids is 1. The minimum absolute atomic E-state index is 0.116. The molecule has 0 heterocycles. The van der Waals surface area contributed by atoms with Gasteiger partial charge in [0.2, 0.25) is 5.91 Å². The van der Waals surface area contributed by atoms with Crippen molar-refractivity contribution in [1.82, 2.24) is 10.2 Å². The van der Waals surface area contributed by atoms with Gasteiger partial charge in [0, 0.05) is 18.5 Å². The number of carbonyl (C=O) groups is 1. The fourth-order valence-electron chi connectivity index (χ4n) is 4.66. The van der Waals surface area contributed by atoms with Crippen molar-refractivity contribution in [2.24, 2.45) is 17.8 Å². The Kier molecular flexibility index (Phi) is 5.44. The Morgan fingerprint density at radius 3 is 2.71 bits per heavy atom. The van der Waals surface area contributed by atoms with Crippen molar-refractivity contribution in [3.8, 4) is 5.75 Å². The Morgan fingerprint density at radius 1 is 1.29 bits per heavy atom. The summed E-state index contributed by atoms with van der Waals surface area (Å²) in [4.78, 5) is 14.6. The Bertz CT molecular complexity index is 573. The number of para-hydroxylation sites is 1. The number of amides is 1. The fourth-order valence-corrected chi connectivity index (χ4v) is 4.66. The maximum absolute atomic E-state index is 12.4. The van der Waals surface area contributed by atoms with E-state index in [0.717, 1.165) is 23.1 Å². The van der Waals surface area contributed by atoms with Gasteiger partial charge in [-0.3, -0.25) is 4.79 Å². The zero-order valence-electron chi connectivity index (χ0n) is 15.1. The Labute approximate surface area is 145 Å². The van der Waals surface area contributed by atoms with Crippen LogP contribution in [0, 0.1) is 17.8 Å². The van der Waals surface area contributed by atoms with Crippen LogP contribution in [-0.2, 0) is 4.79 Å². The molecular formula is C20H30N2O2. The number of rotatable bonds is 7. The van der Waals surface area contributed by atoms with E-state index in [-0.39, 0.29) is 11.9 Å². The maximum Gasteiger partial charge on any atom is 0.220 e. The van der Waals surface area contributed by atoms with Gasteiger partial charge >= 0.3 is 0 Å². The largest absolute Gasteiger partial charge is 0.496 e. The highest BCUT2D eigenvalue weighted by Gasteiger charge is 2.40. The number of benzene rings is 1. The quantitative estimate of drug-likeness (QED) is 0.834. The van der Waals surface area contributed by atoms with Gasteiger partial charge < -0.3 is 15.0 Å². The van der Waals surface area contributed by atoms with Crippen LogP contribution in [0.25, 0.3) is 0 Å². The molecule has 4 unspecified atom stereocenters. The van der Waals surface area contributed by atoms with Crippen LogP contribution in [0.1, 0.15) is 43.7 Å². The van der Waals surface area contributed by atoms with E-state index >= 15 is 0 Å².